The maximum atomic E-state index is 12.1. The van der Waals surface area contributed by atoms with Crippen LogP contribution in [0.1, 0.15) is 50.4 Å². The molecule has 0 aliphatic rings. The highest BCUT2D eigenvalue weighted by Gasteiger charge is 2.19. The van der Waals surface area contributed by atoms with Crippen molar-refractivity contribution in [1.82, 2.24) is 10.6 Å². The Hall–Kier alpha value is -2.57. The van der Waals surface area contributed by atoms with E-state index < -0.39 is 23.6 Å². The van der Waals surface area contributed by atoms with Gasteiger partial charge in [-0.05, 0) is 52.2 Å². The molecule has 1 atom stereocenters. The third-order valence-corrected chi connectivity index (χ3v) is 3.27. The van der Waals surface area contributed by atoms with Crippen LogP contribution in [0, 0.1) is 0 Å². The number of ether oxygens (including phenoxy) is 1. The molecule has 4 N–H and O–H groups in total. The van der Waals surface area contributed by atoms with Crippen LogP contribution in [-0.4, -0.2) is 36.1 Å². The van der Waals surface area contributed by atoms with Crippen molar-refractivity contribution in [3.63, 3.8) is 0 Å². The first-order valence-electron chi connectivity index (χ1n) is 8.31. The summed E-state index contributed by atoms with van der Waals surface area (Å²) in [6.45, 7) is 5.80. The van der Waals surface area contributed by atoms with Crippen LogP contribution in [0.3, 0.4) is 0 Å². The number of nitrogens with two attached hydrogens (primary N) is 1. The molecule has 3 amide bonds. The fraction of sp³-hybridized carbons (Fsp3) is 0.500. The molecule has 0 spiro atoms. The predicted molar refractivity (Wildman–Crippen MR) is 95.0 cm³/mol. The molecular weight excluding hydrogens is 322 g/mol. The topological polar surface area (TPSA) is 111 Å². The number of rotatable bonds is 8. The molecule has 1 rings (SSSR count). The number of benzene rings is 1. The van der Waals surface area contributed by atoms with Crippen LogP contribution < -0.4 is 16.4 Å². The van der Waals surface area contributed by atoms with E-state index in [1.165, 1.54) is 0 Å². The normalized spacial score (nSPS) is 12.1. The van der Waals surface area contributed by atoms with Gasteiger partial charge >= 0.3 is 6.09 Å². The molecule has 0 unspecified atom stereocenters. The molecule has 0 radical (unpaired) electrons. The molecule has 0 aliphatic heterocycles. The number of unbranched alkanes of at least 4 members (excludes halogenated alkanes) is 1. The van der Waals surface area contributed by atoms with Crippen molar-refractivity contribution < 1.29 is 19.1 Å². The van der Waals surface area contributed by atoms with Gasteiger partial charge in [0, 0.05) is 12.1 Å². The molecule has 1 aromatic rings. The zero-order valence-electron chi connectivity index (χ0n) is 15.0. The molecule has 0 bridgehead atoms. The van der Waals surface area contributed by atoms with Crippen LogP contribution in [0.15, 0.2) is 30.3 Å². The Morgan fingerprint density at radius 3 is 2.32 bits per heavy atom. The summed E-state index contributed by atoms with van der Waals surface area (Å²) in [4.78, 5) is 35.1. The van der Waals surface area contributed by atoms with Crippen LogP contribution in [0.2, 0.25) is 0 Å². The highest BCUT2D eigenvalue weighted by Crippen LogP contribution is 2.07. The van der Waals surface area contributed by atoms with Gasteiger partial charge in [0.25, 0.3) is 5.91 Å². The lowest BCUT2D eigenvalue weighted by Crippen LogP contribution is -2.44. The Balaban J connectivity index is 2.33. The minimum Gasteiger partial charge on any atom is -0.444 e. The van der Waals surface area contributed by atoms with Gasteiger partial charge in [0.05, 0.1) is 0 Å². The van der Waals surface area contributed by atoms with Crippen LogP contribution in [0.25, 0.3) is 0 Å². The fourth-order valence-electron chi connectivity index (χ4n) is 2.09. The smallest absolute Gasteiger partial charge is 0.407 e. The van der Waals surface area contributed by atoms with Gasteiger partial charge in [0.2, 0.25) is 5.91 Å². The van der Waals surface area contributed by atoms with E-state index in [0.717, 1.165) is 0 Å². The largest absolute Gasteiger partial charge is 0.444 e. The number of carbonyl (C=O) groups is 3. The molecule has 25 heavy (non-hydrogen) atoms. The Kier molecular flexibility index (Phi) is 7.91. The Morgan fingerprint density at radius 2 is 1.76 bits per heavy atom. The molecule has 7 heteroatoms. The van der Waals surface area contributed by atoms with Crippen LogP contribution in [-0.2, 0) is 9.53 Å². The Bertz CT molecular complexity index is 582. The first-order valence-corrected chi connectivity index (χ1v) is 8.31. The Labute approximate surface area is 148 Å². The van der Waals surface area contributed by atoms with E-state index in [4.69, 9.17) is 10.5 Å². The second-order valence-electron chi connectivity index (χ2n) is 6.72. The highest BCUT2D eigenvalue weighted by atomic mass is 16.6. The van der Waals surface area contributed by atoms with Crippen molar-refractivity contribution >= 4 is 17.9 Å². The minimum absolute atomic E-state index is 0.337. The molecule has 0 fully saturated rings. The highest BCUT2D eigenvalue weighted by molar-refractivity contribution is 5.97. The number of nitrogens with one attached hydrogen (secondary N) is 2. The van der Waals surface area contributed by atoms with Crippen molar-refractivity contribution in [2.75, 3.05) is 6.54 Å². The van der Waals surface area contributed by atoms with E-state index >= 15 is 0 Å². The zero-order valence-corrected chi connectivity index (χ0v) is 15.0. The lowest BCUT2D eigenvalue weighted by atomic mass is 10.1. The molecule has 0 aromatic heterocycles. The summed E-state index contributed by atoms with van der Waals surface area (Å²) in [5.41, 5.74) is 5.29. The summed E-state index contributed by atoms with van der Waals surface area (Å²) in [6.07, 6.45) is 1.20. The standard InChI is InChI=1S/C18H27N3O4/c1-18(2,3)25-17(24)20-12-8-7-11-14(15(19)22)21-16(23)13-9-5-4-6-10-13/h4-6,9-10,14H,7-8,11-12H2,1-3H3,(H2,19,22)(H,20,24)(H,21,23)/t14-/m0/s1. The van der Waals surface area contributed by atoms with E-state index in [-0.39, 0.29) is 5.91 Å². The molecule has 0 saturated heterocycles. The minimum atomic E-state index is -0.741. The Morgan fingerprint density at radius 1 is 1.12 bits per heavy atom. The summed E-state index contributed by atoms with van der Waals surface area (Å²) >= 11 is 0. The van der Waals surface area contributed by atoms with Crippen molar-refractivity contribution in [3.8, 4) is 0 Å². The predicted octanol–water partition coefficient (Wildman–Crippen LogP) is 1.97. The van der Waals surface area contributed by atoms with Gasteiger partial charge in [-0.25, -0.2) is 4.79 Å². The van der Waals surface area contributed by atoms with Crippen molar-refractivity contribution in [1.29, 1.82) is 0 Å². The van der Waals surface area contributed by atoms with Gasteiger partial charge in [0.15, 0.2) is 0 Å². The third kappa shape index (κ3) is 8.74. The number of alkyl carbamates (subject to hydrolysis) is 1. The number of primary amides is 1. The monoisotopic (exact) mass is 349 g/mol. The average molecular weight is 349 g/mol. The van der Waals surface area contributed by atoms with Crippen molar-refractivity contribution in [2.24, 2.45) is 5.73 Å². The molecule has 0 saturated carbocycles. The van der Waals surface area contributed by atoms with Crippen LogP contribution >= 0.6 is 0 Å². The maximum absolute atomic E-state index is 12.1. The molecule has 0 heterocycles. The number of amides is 3. The van der Waals surface area contributed by atoms with Gasteiger partial charge in [-0.1, -0.05) is 18.2 Å². The molecule has 7 nitrogen and oxygen atoms in total. The molecule has 138 valence electrons. The van der Waals surface area contributed by atoms with Gasteiger partial charge in [-0.2, -0.15) is 0 Å². The summed E-state index contributed by atoms with van der Waals surface area (Å²) < 4.78 is 5.12. The van der Waals surface area contributed by atoms with Gasteiger partial charge in [0.1, 0.15) is 11.6 Å². The van der Waals surface area contributed by atoms with Crippen molar-refractivity contribution in [2.45, 2.75) is 51.7 Å². The van der Waals surface area contributed by atoms with E-state index in [0.29, 0.717) is 31.4 Å². The van der Waals surface area contributed by atoms with Gasteiger partial charge in [-0.15, -0.1) is 0 Å². The summed E-state index contributed by atoms with van der Waals surface area (Å²) in [5.74, 6) is -0.916. The lowest BCUT2D eigenvalue weighted by molar-refractivity contribution is -0.120. The van der Waals surface area contributed by atoms with E-state index in [1.54, 1.807) is 51.1 Å². The average Bonchev–Trinajstić information content (AvgIpc) is 2.52. The summed E-state index contributed by atoms with van der Waals surface area (Å²) in [7, 11) is 0. The van der Waals surface area contributed by atoms with E-state index in [2.05, 4.69) is 10.6 Å². The summed E-state index contributed by atoms with van der Waals surface area (Å²) in [5, 5.41) is 5.28. The first kappa shape index (κ1) is 20.5. The second-order valence-corrected chi connectivity index (χ2v) is 6.72. The van der Waals surface area contributed by atoms with Crippen LogP contribution in [0.5, 0.6) is 0 Å². The SMILES string of the molecule is CC(C)(C)OC(=O)NCCCC[C@H](NC(=O)c1ccccc1)C(N)=O. The van der Waals surface area contributed by atoms with E-state index in [9.17, 15) is 14.4 Å². The number of carbonyl (C=O) groups excluding carboxylic acids is 3. The first-order chi connectivity index (χ1) is 11.7. The fourth-order valence-corrected chi connectivity index (χ4v) is 2.09. The second kappa shape index (κ2) is 9.66. The summed E-state index contributed by atoms with van der Waals surface area (Å²) in [6, 6.07) is 7.89. The maximum Gasteiger partial charge on any atom is 0.407 e. The van der Waals surface area contributed by atoms with Gasteiger partial charge < -0.3 is 21.1 Å². The number of hydrogen-bond donors (Lipinski definition) is 3. The lowest BCUT2D eigenvalue weighted by Gasteiger charge is -2.19. The molecular formula is C18H27N3O4. The van der Waals surface area contributed by atoms with Crippen molar-refractivity contribution in [3.05, 3.63) is 35.9 Å². The third-order valence-electron chi connectivity index (χ3n) is 3.27. The van der Waals surface area contributed by atoms with Crippen LogP contribution in [0.4, 0.5) is 4.79 Å². The molecule has 1 aromatic carbocycles. The van der Waals surface area contributed by atoms with Gasteiger partial charge in [-0.3, -0.25) is 9.59 Å². The molecule has 0 aliphatic carbocycles. The number of hydrogen-bond acceptors (Lipinski definition) is 4. The quantitative estimate of drug-likeness (QED) is 0.623. The zero-order chi connectivity index (χ0) is 18.9. The van der Waals surface area contributed by atoms with E-state index in [1.807, 2.05) is 0 Å².